The molecule has 0 saturated heterocycles. The molecule has 32 heavy (non-hydrogen) atoms. The summed E-state index contributed by atoms with van der Waals surface area (Å²) in [6, 6.07) is 10.5. The molecule has 0 spiro atoms. The van der Waals surface area contributed by atoms with Crippen LogP contribution in [0.15, 0.2) is 47.4 Å². The van der Waals surface area contributed by atoms with Crippen molar-refractivity contribution in [3.63, 3.8) is 0 Å². The van der Waals surface area contributed by atoms with Crippen molar-refractivity contribution in [2.24, 2.45) is 0 Å². The SMILES string of the molecule is CCCCCCCCCCCCCc1c([O-])cccc1Oc1cccc(S(=O)(=O)O)c1.[K+]. The molecule has 2 rings (SSSR count). The molecule has 172 valence electrons. The minimum atomic E-state index is -4.31. The molecule has 0 atom stereocenters. The zero-order chi connectivity index (χ0) is 22.5. The minimum Gasteiger partial charge on any atom is -0.872 e. The van der Waals surface area contributed by atoms with Crippen molar-refractivity contribution in [2.75, 3.05) is 0 Å². The number of ether oxygens (including phenoxy) is 1. The monoisotopic (exact) mass is 486 g/mol. The van der Waals surface area contributed by atoms with Gasteiger partial charge in [0, 0.05) is 6.07 Å². The second kappa shape index (κ2) is 16.3. The van der Waals surface area contributed by atoms with E-state index in [1.54, 1.807) is 18.2 Å². The molecule has 5 nitrogen and oxygen atoms in total. The quantitative estimate of drug-likeness (QED) is 0.236. The van der Waals surface area contributed by atoms with E-state index >= 15 is 0 Å². The molecule has 0 radical (unpaired) electrons. The van der Waals surface area contributed by atoms with Crippen molar-refractivity contribution in [1.82, 2.24) is 0 Å². The second-order valence-corrected chi connectivity index (χ2v) is 9.49. The summed E-state index contributed by atoms with van der Waals surface area (Å²) in [4.78, 5) is -0.241. The van der Waals surface area contributed by atoms with Crippen LogP contribution in [0, 0.1) is 0 Å². The number of unbranched alkanes of at least 4 members (excludes halogenated alkanes) is 10. The number of hydrogen-bond acceptors (Lipinski definition) is 4. The van der Waals surface area contributed by atoms with E-state index in [2.05, 4.69) is 6.92 Å². The molecular weight excluding hydrogens is 451 g/mol. The van der Waals surface area contributed by atoms with E-state index < -0.39 is 10.1 Å². The van der Waals surface area contributed by atoms with Crippen molar-refractivity contribution >= 4 is 10.1 Å². The van der Waals surface area contributed by atoms with Gasteiger partial charge in [0.15, 0.2) is 0 Å². The maximum atomic E-state index is 12.4. The third-order valence-electron chi connectivity index (χ3n) is 5.45. The average molecular weight is 487 g/mol. The fourth-order valence-electron chi connectivity index (χ4n) is 3.68. The molecule has 2 aromatic rings. The topological polar surface area (TPSA) is 86.7 Å². The van der Waals surface area contributed by atoms with Crippen LogP contribution in [0.25, 0.3) is 0 Å². The van der Waals surface area contributed by atoms with Gasteiger partial charge in [-0.15, -0.1) is 5.75 Å². The molecule has 0 fully saturated rings. The molecule has 0 amide bonds. The predicted octanol–water partition coefficient (Wildman–Crippen LogP) is 3.66. The Bertz CT molecular complexity index is 899. The first kappa shape index (κ1) is 29.6. The van der Waals surface area contributed by atoms with Crippen LogP contribution >= 0.6 is 0 Å². The first-order chi connectivity index (χ1) is 14.9. The average Bonchev–Trinajstić information content (AvgIpc) is 2.73. The fraction of sp³-hybridized carbons (Fsp3) is 0.520. The maximum Gasteiger partial charge on any atom is 1.00 e. The van der Waals surface area contributed by atoms with E-state index in [1.807, 2.05) is 0 Å². The van der Waals surface area contributed by atoms with Gasteiger partial charge < -0.3 is 9.84 Å². The molecule has 0 bridgehead atoms. The van der Waals surface area contributed by atoms with Crippen molar-refractivity contribution in [3.8, 4) is 17.2 Å². The molecule has 7 heteroatoms. The normalized spacial score (nSPS) is 11.2. The fourth-order valence-corrected chi connectivity index (χ4v) is 4.19. The summed E-state index contributed by atoms with van der Waals surface area (Å²) >= 11 is 0. The Morgan fingerprint density at radius 2 is 1.41 bits per heavy atom. The van der Waals surface area contributed by atoms with E-state index in [0.29, 0.717) is 17.7 Å². The Balaban J connectivity index is 0.00000512. The van der Waals surface area contributed by atoms with Crippen LogP contribution in [0.1, 0.15) is 83.1 Å². The van der Waals surface area contributed by atoms with E-state index in [0.717, 1.165) is 12.8 Å². The Morgan fingerprint density at radius 1 is 0.844 bits per heavy atom. The number of benzene rings is 2. The summed E-state index contributed by atoms with van der Waals surface area (Å²) in [6.07, 6.45) is 14.3. The van der Waals surface area contributed by atoms with Gasteiger partial charge in [0.25, 0.3) is 10.1 Å². The van der Waals surface area contributed by atoms with Crippen LogP contribution in [0.3, 0.4) is 0 Å². The van der Waals surface area contributed by atoms with Gasteiger partial charge in [-0.2, -0.15) is 8.42 Å². The van der Waals surface area contributed by atoms with Crippen LogP contribution < -0.4 is 61.2 Å². The predicted molar refractivity (Wildman–Crippen MR) is 122 cm³/mol. The number of hydrogen-bond donors (Lipinski definition) is 1. The van der Waals surface area contributed by atoms with E-state index in [-0.39, 0.29) is 67.8 Å². The second-order valence-electron chi connectivity index (χ2n) is 8.07. The molecular formula is C25H35KO5S. The van der Waals surface area contributed by atoms with Crippen LogP contribution in [0.5, 0.6) is 17.2 Å². The molecule has 0 aliphatic heterocycles. The third kappa shape index (κ3) is 11.1. The molecule has 0 aromatic heterocycles. The van der Waals surface area contributed by atoms with Crippen molar-refractivity contribution in [3.05, 3.63) is 48.0 Å². The molecule has 0 aliphatic carbocycles. The summed E-state index contributed by atoms with van der Waals surface area (Å²) in [5.41, 5.74) is 0.607. The van der Waals surface area contributed by atoms with Crippen LogP contribution in [-0.4, -0.2) is 13.0 Å². The standard InChI is InChI=1S/C25H36O5S.K/c1-2-3-4-5-6-7-8-9-10-11-12-17-23-24(26)18-14-19-25(23)30-21-15-13-16-22(20-21)31(27,28)29;/h13-16,18-20,26H,2-12,17H2,1H3,(H,27,28,29);/q;+1/p-1. The van der Waals surface area contributed by atoms with E-state index in [9.17, 15) is 18.1 Å². The molecule has 0 aliphatic rings. The summed E-state index contributed by atoms with van der Waals surface area (Å²) < 4.78 is 37.7. The Hall–Kier alpha value is -0.414. The van der Waals surface area contributed by atoms with Gasteiger partial charge in [-0.3, -0.25) is 4.55 Å². The summed E-state index contributed by atoms with van der Waals surface area (Å²) in [6.45, 7) is 2.24. The Labute approximate surface area is 236 Å². The zero-order valence-electron chi connectivity index (χ0n) is 19.5. The van der Waals surface area contributed by atoms with Gasteiger partial charge in [-0.05, 0) is 36.6 Å². The first-order valence-corrected chi connectivity index (χ1v) is 12.9. The maximum absolute atomic E-state index is 12.4. The largest absolute Gasteiger partial charge is 1.00 e. The van der Waals surface area contributed by atoms with Gasteiger partial charge >= 0.3 is 51.4 Å². The molecule has 0 unspecified atom stereocenters. The van der Waals surface area contributed by atoms with Gasteiger partial charge in [0.1, 0.15) is 11.5 Å². The molecule has 1 N–H and O–H groups in total. The van der Waals surface area contributed by atoms with Crippen molar-refractivity contribution < 1.29 is 74.2 Å². The van der Waals surface area contributed by atoms with Crippen LogP contribution in [0.2, 0.25) is 0 Å². The summed E-state index contributed by atoms with van der Waals surface area (Å²) in [5.74, 6) is 0.628. The smallest absolute Gasteiger partial charge is 0.872 e. The summed E-state index contributed by atoms with van der Waals surface area (Å²) in [5, 5.41) is 12.4. The van der Waals surface area contributed by atoms with Gasteiger partial charge in [-0.1, -0.05) is 89.3 Å². The van der Waals surface area contributed by atoms with E-state index in [4.69, 9.17) is 4.74 Å². The first-order valence-electron chi connectivity index (χ1n) is 11.5. The van der Waals surface area contributed by atoms with Gasteiger partial charge in [-0.25, -0.2) is 0 Å². The van der Waals surface area contributed by atoms with E-state index in [1.165, 1.54) is 82.1 Å². The molecule has 0 saturated carbocycles. The van der Waals surface area contributed by atoms with Crippen LogP contribution in [0.4, 0.5) is 0 Å². The van der Waals surface area contributed by atoms with Crippen molar-refractivity contribution in [1.29, 1.82) is 0 Å². The zero-order valence-corrected chi connectivity index (χ0v) is 23.5. The van der Waals surface area contributed by atoms with Gasteiger partial charge in [0.2, 0.25) is 0 Å². The third-order valence-corrected chi connectivity index (χ3v) is 6.30. The minimum absolute atomic E-state index is 0. The molecule has 0 heterocycles. The van der Waals surface area contributed by atoms with Crippen LogP contribution in [-0.2, 0) is 16.5 Å². The van der Waals surface area contributed by atoms with Gasteiger partial charge in [0.05, 0.1) is 4.90 Å². The Kier molecular flexibility index (Phi) is 15.0. The number of rotatable bonds is 15. The summed E-state index contributed by atoms with van der Waals surface area (Å²) in [7, 11) is -4.31. The van der Waals surface area contributed by atoms with Crippen molar-refractivity contribution in [2.45, 2.75) is 88.9 Å². The Morgan fingerprint density at radius 3 is 2.00 bits per heavy atom. The molecule has 2 aromatic carbocycles.